The summed E-state index contributed by atoms with van der Waals surface area (Å²) in [6.07, 6.45) is 2.55. The van der Waals surface area contributed by atoms with E-state index >= 15 is 0 Å². The Morgan fingerprint density at radius 2 is 2.00 bits per heavy atom. The maximum absolute atomic E-state index is 11.8. The van der Waals surface area contributed by atoms with Gasteiger partial charge in [0.25, 0.3) is 0 Å². The summed E-state index contributed by atoms with van der Waals surface area (Å²) < 4.78 is 23.6. The molecule has 0 saturated carbocycles. The van der Waals surface area contributed by atoms with Crippen LogP contribution in [0.5, 0.6) is 0 Å². The first kappa shape index (κ1) is 15.3. The van der Waals surface area contributed by atoms with E-state index in [2.05, 4.69) is 49.6 Å². The monoisotopic (exact) mass is 293 g/mol. The van der Waals surface area contributed by atoms with Crippen molar-refractivity contribution < 1.29 is 8.42 Å². The van der Waals surface area contributed by atoms with Crippen molar-refractivity contribution in [1.29, 1.82) is 0 Å². The summed E-state index contributed by atoms with van der Waals surface area (Å²) in [5, 5.41) is 0. The van der Waals surface area contributed by atoms with Crippen molar-refractivity contribution in [3.63, 3.8) is 0 Å². The van der Waals surface area contributed by atoms with Gasteiger partial charge in [0, 0.05) is 18.6 Å². The first-order valence-corrected chi connectivity index (χ1v) is 8.79. The largest absolute Gasteiger partial charge is 0.289 e. The number of nitrogens with zero attached hydrogens (tertiary/aromatic N) is 1. The molecular weight excluding hydrogens is 270 g/mol. The molecule has 110 valence electrons. The third-order valence-electron chi connectivity index (χ3n) is 4.09. The molecule has 2 rings (SSSR count). The van der Waals surface area contributed by atoms with Gasteiger partial charge in [-0.15, -0.1) is 6.58 Å². The van der Waals surface area contributed by atoms with E-state index in [0.29, 0.717) is 18.7 Å². The molecule has 1 aromatic carbocycles. The Bertz CT molecular complexity index is 577. The highest BCUT2D eigenvalue weighted by Gasteiger charge is 2.42. The zero-order valence-electron chi connectivity index (χ0n) is 12.3. The number of sulfone groups is 1. The Kier molecular flexibility index (Phi) is 4.35. The Morgan fingerprint density at radius 1 is 1.35 bits per heavy atom. The molecule has 1 aliphatic rings. The van der Waals surface area contributed by atoms with Crippen molar-refractivity contribution in [2.45, 2.75) is 32.4 Å². The van der Waals surface area contributed by atoms with Crippen LogP contribution in [0.25, 0.3) is 0 Å². The van der Waals surface area contributed by atoms with Crippen LogP contribution in [-0.4, -0.2) is 36.9 Å². The van der Waals surface area contributed by atoms with Gasteiger partial charge in [0.05, 0.1) is 11.5 Å². The Hall–Kier alpha value is -1.13. The van der Waals surface area contributed by atoms with Crippen molar-refractivity contribution in [3.05, 3.63) is 48.0 Å². The van der Waals surface area contributed by atoms with E-state index in [-0.39, 0.29) is 11.3 Å². The average Bonchev–Trinajstić information content (AvgIpc) is 2.67. The predicted molar refractivity (Wildman–Crippen MR) is 83.5 cm³/mol. The zero-order chi connectivity index (χ0) is 14.8. The molecule has 0 aromatic heterocycles. The first-order valence-electron chi connectivity index (χ1n) is 6.97. The van der Waals surface area contributed by atoms with Crippen molar-refractivity contribution in [2.24, 2.45) is 0 Å². The molecule has 1 saturated heterocycles. The second kappa shape index (κ2) is 5.70. The van der Waals surface area contributed by atoms with E-state index in [9.17, 15) is 8.42 Å². The third-order valence-corrected chi connectivity index (χ3v) is 5.98. The van der Waals surface area contributed by atoms with Crippen molar-refractivity contribution in [1.82, 2.24) is 4.90 Å². The molecule has 0 spiro atoms. The van der Waals surface area contributed by atoms with Crippen LogP contribution >= 0.6 is 0 Å². The summed E-state index contributed by atoms with van der Waals surface area (Å²) in [5.41, 5.74) is 2.17. The molecule has 0 radical (unpaired) electrons. The molecule has 1 aliphatic heterocycles. The van der Waals surface area contributed by atoms with E-state index in [1.54, 1.807) is 0 Å². The lowest BCUT2D eigenvalue weighted by Crippen LogP contribution is -2.47. The standard InChI is InChI=1S/C16H23NO2S/c1-4-10-17(12-15-7-5-14(2)6-8-15)16(3)9-11-20(18,19)13-16/h4-8H,1,9-13H2,2-3H3/t16-/m0/s1. The molecule has 0 N–H and O–H groups in total. The number of benzene rings is 1. The highest BCUT2D eigenvalue weighted by molar-refractivity contribution is 7.91. The smallest absolute Gasteiger partial charge is 0.152 e. The second-order valence-electron chi connectivity index (χ2n) is 5.99. The van der Waals surface area contributed by atoms with Gasteiger partial charge in [0.1, 0.15) is 0 Å². The van der Waals surface area contributed by atoms with Crippen molar-refractivity contribution >= 4 is 9.84 Å². The Morgan fingerprint density at radius 3 is 2.50 bits per heavy atom. The molecular formula is C16H23NO2S. The van der Waals surface area contributed by atoms with Crippen LogP contribution in [0.2, 0.25) is 0 Å². The number of rotatable bonds is 5. The fourth-order valence-corrected chi connectivity index (χ4v) is 4.96. The molecule has 1 atom stereocenters. The minimum atomic E-state index is -2.89. The van der Waals surface area contributed by atoms with E-state index in [1.165, 1.54) is 11.1 Å². The van der Waals surface area contributed by atoms with Crippen LogP contribution in [0.4, 0.5) is 0 Å². The minimum absolute atomic E-state index is 0.250. The number of hydrogen-bond acceptors (Lipinski definition) is 3. The fraction of sp³-hybridized carbons (Fsp3) is 0.500. The first-order chi connectivity index (χ1) is 9.35. The third kappa shape index (κ3) is 3.49. The van der Waals surface area contributed by atoms with Gasteiger partial charge < -0.3 is 0 Å². The molecule has 1 fully saturated rings. The number of hydrogen-bond donors (Lipinski definition) is 0. The molecule has 3 nitrogen and oxygen atoms in total. The topological polar surface area (TPSA) is 37.4 Å². The van der Waals surface area contributed by atoms with E-state index < -0.39 is 9.84 Å². The van der Waals surface area contributed by atoms with Gasteiger partial charge in [0.15, 0.2) is 9.84 Å². The van der Waals surface area contributed by atoms with Crippen LogP contribution in [0.15, 0.2) is 36.9 Å². The number of aryl methyl sites for hydroxylation is 1. The molecule has 0 bridgehead atoms. The molecule has 1 heterocycles. The summed E-state index contributed by atoms with van der Waals surface area (Å²) in [4.78, 5) is 2.23. The van der Waals surface area contributed by atoms with E-state index in [0.717, 1.165) is 6.54 Å². The lowest BCUT2D eigenvalue weighted by molar-refractivity contribution is 0.133. The molecule has 0 aliphatic carbocycles. The van der Waals surface area contributed by atoms with Gasteiger partial charge in [-0.25, -0.2) is 8.42 Å². The van der Waals surface area contributed by atoms with Gasteiger partial charge in [-0.2, -0.15) is 0 Å². The van der Waals surface area contributed by atoms with Gasteiger partial charge in [-0.05, 0) is 25.8 Å². The fourth-order valence-electron chi connectivity index (χ4n) is 2.79. The zero-order valence-corrected chi connectivity index (χ0v) is 13.1. The molecule has 0 unspecified atom stereocenters. The predicted octanol–water partition coefficient (Wildman–Crippen LogP) is 2.56. The maximum atomic E-state index is 11.8. The lowest BCUT2D eigenvalue weighted by Gasteiger charge is -2.37. The van der Waals surface area contributed by atoms with Crippen LogP contribution in [-0.2, 0) is 16.4 Å². The second-order valence-corrected chi connectivity index (χ2v) is 8.18. The van der Waals surface area contributed by atoms with E-state index in [4.69, 9.17) is 0 Å². The summed E-state index contributed by atoms with van der Waals surface area (Å²) in [6, 6.07) is 8.40. The van der Waals surface area contributed by atoms with Gasteiger partial charge in [0.2, 0.25) is 0 Å². The van der Waals surface area contributed by atoms with Crippen molar-refractivity contribution in [3.8, 4) is 0 Å². The van der Waals surface area contributed by atoms with E-state index in [1.807, 2.05) is 6.08 Å². The van der Waals surface area contributed by atoms with Gasteiger partial charge in [-0.3, -0.25) is 4.90 Å². The SMILES string of the molecule is C=CCN(Cc1ccc(C)cc1)[C@@]1(C)CCS(=O)(=O)C1. The van der Waals surface area contributed by atoms with Crippen LogP contribution in [0.3, 0.4) is 0 Å². The molecule has 4 heteroatoms. The normalized spacial score (nSPS) is 24.9. The molecule has 1 aromatic rings. The summed E-state index contributed by atoms with van der Waals surface area (Å²) in [7, 11) is -2.89. The Balaban J connectivity index is 2.19. The van der Waals surface area contributed by atoms with Crippen LogP contribution < -0.4 is 0 Å². The lowest BCUT2D eigenvalue weighted by atomic mass is 9.98. The van der Waals surface area contributed by atoms with Crippen LogP contribution in [0, 0.1) is 6.92 Å². The highest BCUT2D eigenvalue weighted by Crippen LogP contribution is 2.30. The summed E-state index contributed by atoms with van der Waals surface area (Å²) in [5.74, 6) is 0.546. The molecule has 0 amide bonds. The summed E-state index contributed by atoms with van der Waals surface area (Å²) in [6.45, 7) is 9.39. The Labute approximate surface area is 122 Å². The highest BCUT2D eigenvalue weighted by atomic mass is 32.2. The molecule has 20 heavy (non-hydrogen) atoms. The van der Waals surface area contributed by atoms with Crippen LogP contribution in [0.1, 0.15) is 24.5 Å². The summed E-state index contributed by atoms with van der Waals surface area (Å²) >= 11 is 0. The quantitative estimate of drug-likeness (QED) is 0.783. The minimum Gasteiger partial charge on any atom is -0.289 e. The van der Waals surface area contributed by atoms with Crippen molar-refractivity contribution in [2.75, 3.05) is 18.1 Å². The maximum Gasteiger partial charge on any atom is 0.152 e. The van der Waals surface area contributed by atoms with Gasteiger partial charge >= 0.3 is 0 Å². The van der Waals surface area contributed by atoms with Gasteiger partial charge in [-0.1, -0.05) is 35.9 Å². The average molecular weight is 293 g/mol.